The van der Waals surface area contributed by atoms with Crippen LogP contribution in [0.25, 0.3) is 0 Å². The lowest BCUT2D eigenvalue weighted by Gasteiger charge is -2.21. The molecular formula is C13H21N3O3. The number of aliphatic hydroxyl groups is 1. The molecule has 106 valence electrons. The maximum Gasteiger partial charge on any atom is 0.234 e. The molecule has 1 aromatic rings. The lowest BCUT2D eigenvalue weighted by molar-refractivity contribution is -0.118. The summed E-state index contributed by atoms with van der Waals surface area (Å²) in [5.41, 5.74) is -0.348. The molecule has 6 nitrogen and oxygen atoms in total. The van der Waals surface area contributed by atoms with E-state index >= 15 is 0 Å². The Labute approximate surface area is 113 Å². The van der Waals surface area contributed by atoms with Crippen molar-refractivity contribution in [3.63, 3.8) is 0 Å². The third-order valence-corrected chi connectivity index (χ3v) is 2.43. The van der Waals surface area contributed by atoms with Gasteiger partial charge in [-0.3, -0.25) is 9.78 Å². The van der Waals surface area contributed by atoms with Gasteiger partial charge in [0.2, 0.25) is 11.8 Å². The third-order valence-electron chi connectivity index (χ3n) is 2.43. The summed E-state index contributed by atoms with van der Waals surface area (Å²) < 4.78 is 5.46. The van der Waals surface area contributed by atoms with Crippen molar-refractivity contribution in [2.45, 2.75) is 27.7 Å². The molecule has 0 atom stereocenters. The maximum atomic E-state index is 11.5. The Kier molecular flexibility index (Phi) is 5.23. The van der Waals surface area contributed by atoms with Crippen molar-refractivity contribution in [3.8, 4) is 5.88 Å². The molecule has 1 amide bonds. The molecule has 2 N–H and O–H groups in total. The second kappa shape index (κ2) is 6.47. The van der Waals surface area contributed by atoms with E-state index in [2.05, 4.69) is 15.3 Å². The fourth-order valence-electron chi connectivity index (χ4n) is 1.06. The minimum atomic E-state index is -0.348. The van der Waals surface area contributed by atoms with Crippen LogP contribution in [0.1, 0.15) is 27.7 Å². The lowest BCUT2D eigenvalue weighted by atomic mass is 9.97. The van der Waals surface area contributed by atoms with Crippen molar-refractivity contribution in [3.05, 3.63) is 12.4 Å². The van der Waals surface area contributed by atoms with E-state index in [9.17, 15) is 4.79 Å². The van der Waals surface area contributed by atoms with Crippen LogP contribution in [0.3, 0.4) is 0 Å². The van der Waals surface area contributed by atoms with Gasteiger partial charge in [0.25, 0.3) is 0 Å². The summed E-state index contributed by atoms with van der Waals surface area (Å²) in [6.07, 6.45) is 2.93. The first kappa shape index (κ1) is 15.4. The fourth-order valence-corrected chi connectivity index (χ4v) is 1.06. The highest BCUT2D eigenvalue weighted by Gasteiger charge is 2.18. The van der Waals surface area contributed by atoms with Crippen LogP contribution in [-0.2, 0) is 4.79 Å². The number of ether oxygens (including phenoxy) is 1. The fraction of sp³-hybridized carbons (Fsp3) is 0.615. The van der Waals surface area contributed by atoms with Gasteiger partial charge in [-0.05, 0) is 0 Å². The molecule has 0 radical (unpaired) electrons. The summed E-state index contributed by atoms with van der Waals surface area (Å²) >= 11 is 0. The molecule has 1 aromatic heterocycles. The molecule has 1 rings (SSSR count). The van der Waals surface area contributed by atoms with Gasteiger partial charge >= 0.3 is 0 Å². The minimum absolute atomic E-state index is 0.0181. The predicted octanol–water partition coefficient (Wildman–Crippen LogP) is 1.47. The standard InChI is InChI=1S/C13H21N3O3/c1-9(2)12(18)16-10-5-14-6-11(15-10)19-8-13(3,4)7-17/h5-6,9,17H,7-8H2,1-4H3,(H,15,16,18). The average Bonchev–Trinajstić information content (AvgIpc) is 2.37. The number of hydrogen-bond donors (Lipinski definition) is 2. The van der Waals surface area contributed by atoms with E-state index in [-0.39, 0.29) is 23.8 Å². The number of carbonyl (C=O) groups is 1. The third kappa shape index (κ3) is 5.21. The van der Waals surface area contributed by atoms with Crippen LogP contribution in [0.2, 0.25) is 0 Å². The average molecular weight is 267 g/mol. The van der Waals surface area contributed by atoms with Crippen molar-refractivity contribution < 1.29 is 14.6 Å². The van der Waals surface area contributed by atoms with E-state index in [4.69, 9.17) is 9.84 Å². The zero-order valence-electron chi connectivity index (χ0n) is 11.8. The molecule has 0 bridgehead atoms. The van der Waals surface area contributed by atoms with Crippen LogP contribution >= 0.6 is 0 Å². The summed E-state index contributed by atoms with van der Waals surface area (Å²) in [6, 6.07) is 0. The second-order valence-electron chi connectivity index (χ2n) is 5.50. The van der Waals surface area contributed by atoms with Gasteiger partial charge in [0.05, 0.1) is 25.6 Å². The molecule has 0 saturated heterocycles. The van der Waals surface area contributed by atoms with Crippen molar-refractivity contribution >= 4 is 11.7 Å². The highest BCUT2D eigenvalue weighted by atomic mass is 16.5. The number of amides is 1. The number of rotatable bonds is 6. The summed E-state index contributed by atoms with van der Waals surface area (Å²) in [5, 5.41) is 11.8. The van der Waals surface area contributed by atoms with Crippen LogP contribution < -0.4 is 10.1 Å². The van der Waals surface area contributed by atoms with E-state index in [1.807, 2.05) is 13.8 Å². The number of carbonyl (C=O) groups excluding carboxylic acids is 1. The molecule has 0 aliphatic heterocycles. The lowest BCUT2D eigenvalue weighted by Crippen LogP contribution is -2.25. The largest absolute Gasteiger partial charge is 0.476 e. The minimum Gasteiger partial charge on any atom is -0.476 e. The van der Waals surface area contributed by atoms with E-state index in [0.29, 0.717) is 18.3 Å². The molecule has 0 spiro atoms. The quantitative estimate of drug-likeness (QED) is 0.815. The SMILES string of the molecule is CC(C)C(=O)Nc1cncc(OCC(C)(C)CO)n1. The van der Waals surface area contributed by atoms with Crippen LogP contribution in [-0.4, -0.2) is 34.2 Å². The highest BCUT2D eigenvalue weighted by molar-refractivity contribution is 5.90. The maximum absolute atomic E-state index is 11.5. The molecule has 0 aromatic carbocycles. The Morgan fingerprint density at radius 2 is 2.16 bits per heavy atom. The van der Waals surface area contributed by atoms with E-state index in [0.717, 1.165) is 0 Å². The van der Waals surface area contributed by atoms with Gasteiger partial charge in [-0.1, -0.05) is 27.7 Å². The Bertz CT molecular complexity index is 433. The highest BCUT2D eigenvalue weighted by Crippen LogP contribution is 2.17. The molecule has 0 fully saturated rings. The van der Waals surface area contributed by atoms with Gasteiger partial charge in [0, 0.05) is 11.3 Å². The van der Waals surface area contributed by atoms with Crippen LogP contribution in [0.4, 0.5) is 5.82 Å². The molecule has 0 unspecified atom stereocenters. The number of anilines is 1. The summed E-state index contributed by atoms with van der Waals surface area (Å²) in [7, 11) is 0. The Hall–Kier alpha value is -1.69. The van der Waals surface area contributed by atoms with Crippen molar-refractivity contribution in [1.29, 1.82) is 0 Å². The molecule has 6 heteroatoms. The smallest absolute Gasteiger partial charge is 0.234 e. The topological polar surface area (TPSA) is 84.3 Å². The molecule has 0 aliphatic rings. The Morgan fingerprint density at radius 3 is 2.74 bits per heavy atom. The second-order valence-corrected chi connectivity index (χ2v) is 5.50. The predicted molar refractivity (Wildman–Crippen MR) is 71.9 cm³/mol. The van der Waals surface area contributed by atoms with Crippen LogP contribution in [0.5, 0.6) is 5.88 Å². The van der Waals surface area contributed by atoms with Crippen molar-refractivity contribution in [2.75, 3.05) is 18.5 Å². The van der Waals surface area contributed by atoms with Crippen molar-refractivity contribution in [2.24, 2.45) is 11.3 Å². The molecule has 0 saturated carbocycles. The van der Waals surface area contributed by atoms with E-state index in [1.165, 1.54) is 12.4 Å². The first-order valence-electron chi connectivity index (χ1n) is 6.20. The number of hydrogen-bond acceptors (Lipinski definition) is 5. The zero-order valence-corrected chi connectivity index (χ0v) is 11.8. The van der Waals surface area contributed by atoms with Gasteiger partial charge < -0.3 is 15.2 Å². The number of nitrogens with zero attached hydrogens (tertiary/aromatic N) is 2. The van der Waals surface area contributed by atoms with Gasteiger partial charge in [-0.2, -0.15) is 4.98 Å². The number of nitrogens with one attached hydrogen (secondary N) is 1. The molecule has 1 heterocycles. The van der Waals surface area contributed by atoms with Gasteiger partial charge in [0.1, 0.15) is 0 Å². The number of aliphatic hydroxyl groups excluding tert-OH is 1. The van der Waals surface area contributed by atoms with Gasteiger partial charge in [-0.15, -0.1) is 0 Å². The van der Waals surface area contributed by atoms with Crippen LogP contribution in [0.15, 0.2) is 12.4 Å². The normalized spacial score (nSPS) is 11.5. The Morgan fingerprint density at radius 1 is 1.47 bits per heavy atom. The van der Waals surface area contributed by atoms with Gasteiger partial charge in [0.15, 0.2) is 5.82 Å². The van der Waals surface area contributed by atoms with Gasteiger partial charge in [-0.25, -0.2) is 0 Å². The molecule has 19 heavy (non-hydrogen) atoms. The first-order chi connectivity index (χ1) is 8.84. The van der Waals surface area contributed by atoms with Crippen LogP contribution in [0, 0.1) is 11.3 Å². The van der Waals surface area contributed by atoms with E-state index < -0.39 is 0 Å². The first-order valence-corrected chi connectivity index (χ1v) is 6.20. The summed E-state index contributed by atoms with van der Waals surface area (Å²) in [5.74, 6) is 0.433. The monoisotopic (exact) mass is 267 g/mol. The van der Waals surface area contributed by atoms with Crippen molar-refractivity contribution in [1.82, 2.24) is 9.97 Å². The summed E-state index contributed by atoms with van der Waals surface area (Å²) in [6.45, 7) is 7.69. The number of aromatic nitrogens is 2. The van der Waals surface area contributed by atoms with E-state index in [1.54, 1.807) is 13.8 Å². The molecular weight excluding hydrogens is 246 g/mol. The zero-order chi connectivity index (χ0) is 14.5. The Balaban J connectivity index is 2.65. The molecule has 0 aliphatic carbocycles. The summed E-state index contributed by atoms with van der Waals surface area (Å²) in [4.78, 5) is 19.6.